The van der Waals surface area contributed by atoms with Crippen LogP contribution in [0.2, 0.25) is 0 Å². The van der Waals surface area contributed by atoms with Crippen molar-refractivity contribution in [2.24, 2.45) is 0 Å². The van der Waals surface area contributed by atoms with E-state index >= 15 is 0 Å². The van der Waals surface area contributed by atoms with Crippen LogP contribution >= 0.6 is 0 Å². The Hall–Kier alpha value is -2.37. The SMILES string of the molecule is O=C(NCCc1ncc[nH]1)c1cc[nH]c(=O)c1. The molecule has 0 radical (unpaired) electrons. The van der Waals surface area contributed by atoms with E-state index in [1.165, 1.54) is 12.3 Å². The van der Waals surface area contributed by atoms with Gasteiger partial charge in [0.15, 0.2) is 0 Å². The summed E-state index contributed by atoms with van der Waals surface area (Å²) in [7, 11) is 0. The Labute approximate surface area is 97.1 Å². The number of amides is 1. The van der Waals surface area contributed by atoms with Crippen LogP contribution in [0.1, 0.15) is 16.2 Å². The van der Waals surface area contributed by atoms with Crippen molar-refractivity contribution in [2.75, 3.05) is 6.54 Å². The highest BCUT2D eigenvalue weighted by Gasteiger charge is 2.05. The molecule has 2 aromatic rings. The van der Waals surface area contributed by atoms with E-state index in [4.69, 9.17) is 0 Å². The fourth-order valence-electron chi connectivity index (χ4n) is 1.42. The fourth-order valence-corrected chi connectivity index (χ4v) is 1.42. The number of nitrogens with one attached hydrogen (secondary N) is 3. The molecule has 0 aromatic carbocycles. The van der Waals surface area contributed by atoms with Gasteiger partial charge in [-0.1, -0.05) is 0 Å². The summed E-state index contributed by atoms with van der Waals surface area (Å²) in [5.41, 5.74) is 0.0666. The Morgan fingerprint density at radius 1 is 1.35 bits per heavy atom. The third-order valence-corrected chi connectivity index (χ3v) is 2.24. The molecule has 0 atom stereocenters. The number of H-pyrrole nitrogens is 2. The average molecular weight is 232 g/mol. The smallest absolute Gasteiger partial charge is 0.251 e. The highest BCUT2D eigenvalue weighted by atomic mass is 16.2. The number of nitrogens with zero attached hydrogens (tertiary/aromatic N) is 1. The van der Waals surface area contributed by atoms with Crippen LogP contribution in [0.4, 0.5) is 0 Å². The van der Waals surface area contributed by atoms with E-state index in [2.05, 4.69) is 20.3 Å². The first kappa shape index (κ1) is 11.1. The molecule has 88 valence electrons. The molecule has 6 nitrogen and oxygen atoms in total. The molecular weight excluding hydrogens is 220 g/mol. The van der Waals surface area contributed by atoms with Crippen LogP contribution in [0.25, 0.3) is 0 Å². The molecule has 3 N–H and O–H groups in total. The molecule has 0 bridgehead atoms. The Bertz CT molecular complexity index is 545. The molecular formula is C11H12N4O2. The van der Waals surface area contributed by atoms with E-state index in [-0.39, 0.29) is 11.5 Å². The van der Waals surface area contributed by atoms with E-state index in [0.29, 0.717) is 18.5 Å². The van der Waals surface area contributed by atoms with Crippen molar-refractivity contribution in [3.63, 3.8) is 0 Å². The van der Waals surface area contributed by atoms with E-state index in [1.807, 2.05) is 0 Å². The Balaban J connectivity index is 1.87. The van der Waals surface area contributed by atoms with Gasteiger partial charge < -0.3 is 15.3 Å². The maximum atomic E-state index is 11.6. The number of carbonyl (C=O) groups excluding carboxylic acids is 1. The van der Waals surface area contributed by atoms with Crippen molar-refractivity contribution in [1.82, 2.24) is 20.3 Å². The lowest BCUT2D eigenvalue weighted by molar-refractivity contribution is 0.0954. The van der Waals surface area contributed by atoms with Gasteiger partial charge in [-0.2, -0.15) is 0 Å². The summed E-state index contributed by atoms with van der Waals surface area (Å²) in [4.78, 5) is 32.1. The number of pyridine rings is 1. The van der Waals surface area contributed by atoms with Gasteiger partial charge in [0.1, 0.15) is 5.82 Å². The van der Waals surface area contributed by atoms with Crippen LogP contribution < -0.4 is 10.9 Å². The Morgan fingerprint density at radius 2 is 2.24 bits per heavy atom. The number of rotatable bonds is 4. The van der Waals surface area contributed by atoms with Crippen LogP contribution in [0.15, 0.2) is 35.5 Å². The third-order valence-electron chi connectivity index (χ3n) is 2.24. The molecule has 0 aliphatic carbocycles. The lowest BCUT2D eigenvalue weighted by Gasteiger charge is -2.03. The minimum atomic E-state index is -0.288. The molecule has 0 saturated heterocycles. The van der Waals surface area contributed by atoms with Crippen molar-refractivity contribution in [3.05, 3.63) is 52.5 Å². The van der Waals surface area contributed by atoms with Crippen LogP contribution in [0.5, 0.6) is 0 Å². The summed E-state index contributed by atoms with van der Waals surface area (Å²) >= 11 is 0. The molecule has 0 saturated carbocycles. The minimum Gasteiger partial charge on any atom is -0.352 e. The largest absolute Gasteiger partial charge is 0.352 e. The number of aromatic nitrogens is 3. The summed E-state index contributed by atoms with van der Waals surface area (Å²) in [6.07, 6.45) is 5.47. The second-order valence-electron chi connectivity index (χ2n) is 3.48. The number of hydrogen-bond acceptors (Lipinski definition) is 3. The van der Waals surface area contributed by atoms with Gasteiger partial charge in [0.2, 0.25) is 5.56 Å². The summed E-state index contributed by atoms with van der Waals surface area (Å²) in [6.45, 7) is 0.471. The van der Waals surface area contributed by atoms with E-state index in [1.54, 1.807) is 18.5 Å². The number of carbonyl (C=O) groups is 1. The lowest BCUT2D eigenvalue weighted by atomic mass is 10.2. The normalized spacial score (nSPS) is 10.1. The maximum Gasteiger partial charge on any atom is 0.251 e. The zero-order chi connectivity index (χ0) is 12.1. The van der Waals surface area contributed by atoms with Crippen molar-refractivity contribution >= 4 is 5.91 Å². The van der Waals surface area contributed by atoms with E-state index in [0.717, 1.165) is 5.82 Å². The van der Waals surface area contributed by atoms with Crippen molar-refractivity contribution in [3.8, 4) is 0 Å². The number of imidazole rings is 1. The number of aromatic amines is 2. The molecule has 1 amide bonds. The summed E-state index contributed by atoms with van der Waals surface area (Å²) in [5, 5.41) is 2.71. The third kappa shape index (κ3) is 3.04. The molecule has 0 unspecified atom stereocenters. The quantitative estimate of drug-likeness (QED) is 0.696. The zero-order valence-corrected chi connectivity index (χ0v) is 9.06. The van der Waals surface area contributed by atoms with E-state index in [9.17, 15) is 9.59 Å². The summed E-state index contributed by atoms with van der Waals surface area (Å²) < 4.78 is 0. The summed E-state index contributed by atoms with van der Waals surface area (Å²) in [5.74, 6) is 0.555. The van der Waals surface area contributed by atoms with Crippen LogP contribution in [-0.4, -0.2) is 27.4 Å². The first-order valence-electron chi connectivity index (χ1n) is 5.21. The predicted octanol–water partition coefficient (Wildman–Crippen LogP) is 0.0705. The summed E-state index contributed by atoms with van der Waals surface area (Å²) in [6, 6.07) is 2.83. The molecule has 2 heterocycles. The average Bonchev–Trinajstić information content (AvgIpc) is 2.82. The first-order valence-corrected chi connectivity index (χ1v) is 5.21. The van der Waals surface area contributed by atoms with Gasteiger partial charge in [-0.15, -0.1) is 0 Å². The molecule has 0 aliphatic heterocycles. The molecule has 0 aliphatic rings. The molecule has 2 rings (SSSR count). The molecule has 6 heteroatoms. The van der Waals surface area contributed by atoms with Gasteiger partial charge in [-0.3, -0.25) is 9.59 Å². The molecule has 0 fully saturated rings. The van der Waals surface area contributed by atoms with E-state index < -0.39 is 0 Å². The molecule has 17 heavy (non-hydrogen) atoms. The van der Waals surface area contributed by atoms with Crippen LogP contribution in [-0.2, 0) is 6.42 Å². The van der Waals surface area contributed by atoms with Gasteiger partial charge in [0.25, 0.3) is 5.91 Å². The molecule has 0 spiro atoms. The topological polar surface area (TPSA) is 90.6 Å². The zero-order valence-electron chi connectivity index (χ0n) is 9.06. The Morgan fingerprint density at radius 3 is 2.94 bits per heavy atom. The highest BCUT2D eigenvalue weighted by Crippen LogP contribution is 1.93. The monoisotopic (exact) mass is 232 g/mol. The standard InChI is InChI=1S/C11H12N4O2/c16-10-7-8(1-3-14-10)11(17)15-4-2-9-12-5-6-13-9/h1,3,5-7H,2,4H2,(H,12,13)(H,14,16)(H,15,17). The van der Waals surface area contributed by atoms with Crippen molar-refractivity contribution < 1.29 is 4.79 Å². The van der Waals surface area contributed by atoms with Crippen molar-refractivity contribution in [2.45, 2.75) is 6.42 Å². The van der Waals surface area contributed by atoms with Crippen LogP contribution in [0, 0.1) is 0 Å². The van der Waals surface area contributed by atoms with Gasteiger partial charge in [-0.25, -0.2) is 4.98 Å². The fraction of sp³-hybridized carbons (Fsp3) is 0.182. The van der Waals surface area contributed by atoms with Crippen LogP contribution in [0.3, 0.4) is 0 Å². The van der Waals surface area contributed by atoms with Gasteiger partial charge in [0.05, 0.1) is 0 Å². The predicted molar refractivity (Wildman–Crippen MR) is 61.7 cm³/mol. The van der Waals surface area contributed by atoms with Gasteiger partial charge in [0, 0.05) is 43.2 Å². The second kappa shape index (κ2) is 5.11. The van der Waals surface area contributed by atoms with Crippen molar-refractivity contribution in [1.29, 1.82) is 0 Å². The van der Waals surface area contributed by atoms with Gasteiger partial charge in [-0.05, 0) is 6.07 Å². The lowest BCUT2D eigenvalue weighted by Crippen LogP contribution is -2.27. The Kier molecular flexibility index (Phi) is 3.34. The van der Waals surface area contributed by atoms with Gasteiger partial charge >= 0.3 is 0 Å². The first-order chi connectivity index (χ1) is 8.25. The minimum absolute atomic E-state index is 0.261. The maximum absolute atomic E-state index is 11.6. The molecule has 2 aromatic heterocycles. The number of hydrogen-bond donors (Lipinski definition) is 3. The second-order valence-corrected chi connectivity index (χ2v) is 3.48. The highest BCUT2D eigenvalue weighted by molar-refractivity contribution is 5.93.